The predicted octanol–water partition coefficient (Wildman–Crippen LogP) is 6.20. The van der Waals surface area contributed by atoms with E-state index in [0.29, 0.717) is 55.5 Å². The maximum atomic E-state index is 12.9. The quantitative estimate of drug-likeness (QED) is 0.201. The lowest BCUT2D eigenvalue weighted by molar-refractivity contribution is 0.443. The van der Waals surface area contributed by atoms with Crippen LogP contribution in [0, 0.1) is 5.92 Å². The molecule has 0 saturated carbocycles. The zero-order valence-corrected chi connectivity index (χ0v) is 29.0. The average molecular weight is 685 g/mol. The van der Waals surface area contributed by atoms with Crippen LogP contribution in [-0.2, 0) is 19.7 Å². The first-order valence-electron chi connectivity index (χ1n) is 17.0. The molecule has 2 saturated heterocycles. The molecule has 0 aromatic heterocycles. The highest BCUT2D eigenvalue weighted by molar-refractivity contribution is 7.91. The van der Waals surface area contributed by atoms with Crippen molar-refractivity contribution in [2.75, 3.05) is 30.3 Å². The molecule has 6 atom stereocenters. The topological polar surface area (TPSA) is 116 Å². The second-order valence-corrected chi connectivity index (χ2v) is 17.5. The van der Waals surface area contributed by atoms with E-state index in [1.807, 2.05) is 36.4 Å². The van der Waals surface area contributed by atoms with Gasteiger partial charge >= 0.3 is 0 Å². The molecule has 0 spiro atoms. The molecule has 4 aromatic carbocycles. The molecule has 4 aliphatic rings. The summed E-state index contributed by atoms with van der Waals surface area (Å²) in [5.41, 5.74) is 4.47. The number of nitrogens with one attached hydrogen (secondary N) is 4. The van der Waals surface area contributed by atoms with Crippen LogP contribution in [0.4, 0.5) is 11.4 Å². The van der Waals surface area contributed by atoms with Crippen LogP contribution in [0.3, 0.4) is 0 Å². The normalized spacial score (nSPS) is 26.1. The van der Waals surface area contributed by atoms with Gasteiger partial charge in [0.1, 0.15) is 0 Å². The molecule has 252 valence electrons. The van der Waals surface area contributed by atoms with Gasteiger partial charge in [0.05, 0.1) is 19.6 Å². The van der Waals surface area contributed by atoms with Crippen LogP contribution in [-0.4, -0.2) is 54.6 Å². The van der Waals surface area contributed by atoms with Crippen molar-refractivity contribution in [3.05, 3.63) is 108 Å². The maximum Gasteiger partial charge on any atom is 0.206 e. The van der Waals surface area contributed by atoms with E-state index in [1.165, 1.54) is 0 Å². The summed E-state index contributed by atoms with van der Waals surface area (Å²) in [6, 6.07) is 29.6. The van der Waals surface area contributed by atoms with E-state index in [4.69, 9.17) is 0 Å². The largest absolute Gasteiger partial charge is 0.381 e. The Morgan fingerprint density at radius 2 is 1.15 bits per heavy atom. The van der Waals surface area contributed by atoms with Crippen molar-refractivity contribution in [1.82, 2.24) is 10.6 Å². The van der Waals surface area contributed by atoms with Gasteiger partial charge in [-0.2, -0.15) is 0 Å². The molecule has 0 radical (unpaired) electrons. The summed E-state index contributed by atoms with van der Waals surface area (Å²) >= 11 is 0. The Balaban J connectivity index is 0.000000152. The fourth-order valence-corrected chi connectivity index (χ4v) is 10.6. The number of rotatable bonds is 4. The van der Waals surface area contributed by atoms with Crippen LogP contribution in [0.25, 0.3) is 0 Å². The van der Waals surface area contributed by atoms with E-state index in [-0.39, 0.29) is 0 Å². The SMILES string of the molecule is CC1CNCC[C@@H]2Nc3ccc(S(=O)(=O)c4ccccc4)cc3[C@@H]12.CC1C[C@@H]2c3cc(S(=O)(=O)c4ccccc4)ccc3N[C@H]2CCN1. The molecule has 8 rings (SSSR count). The average Bonchev–Trinajstić information content (AvgIpc) is 3.50. The summed E-state index contributed by atoms with van der Waals surface area (Å²) in [4.78, 5) is 1.48. The number of hydrogen-bond donors (Lipinski definition) is 4. The standard InChI is InChI=1S/2C19H22N2O2S/c1-13-12-20-10-9-18-19(13)16-11-15(7-8-17(16)21-18)24(22,23)14-5-3-2-4-6-14;1-13-11-16-17-12-15(24(22,23)14-5-3-2-4-6-14)7-8-18(17)21-19(16)9-10-20-13/h2-8,11,13,18-21H,9-10,12H2,1H3;2-8,12-13,16,19-21H,9-11H2,1H3/t13?,18-,19+;13?,16-,19+/m01/s1. The number of fused-ring (bicyclic) bond motifs is 6. The molecular formula is C38H44N4O4S2. The van der Waals surface area contributed by atoms with Crippen LogP contribution in [0.1, 0.15) is 56.1 Å². The fourth-order valence-electron chi connectivity index (χ4n) is 7.94. The van der Waals surface area contributed by atoms with E-state index in [9.17, 15) is 16.8 Å². The smallest absolute Gasteiger partial charge is 0.206 e. The van der Waals surface area contributed by atoms with Gasteiger partial charge in [-0.3, -0.25) is 0 Å². The van der Waals surface area contributed by atoms with Gasteiger partial charge in [0.15, 0.2) is 0 Å². The van der Waals surface area contributed by atoms with Gasteiger partial charge in [-0.05, 0) is 124 Å². The number of anilines is 2. The molecule has 0 amide bonds. The first-order chi connectivity index (χ1) is 23.1. The summed E-state index contributed by atoms with van der Waals surface area (Å²) in [6.07, 6.45) is 3.15. The van der Waals surface area contributed by atoms with E-state index in [2.05, 4.69) is 35.1 Å². The predicted molar refractivity (Wildman–Crippen MR) is 190 cm³/mol. The van der Waals surface area contributed by atoms with Crippen LogP contribution >= 0.6 is 0 Å². The molecule has 4 heterocycles. The van der Waals surface area contributed by atoms with Gasteiger partial charge in [-0.15, -0.1) is 0 Å². The van der Waals surface area contributed by atoms with Gasteiger partial charge in [0.25, 0.3) is 0 Å². The van der Waals surface area contributed by atoms with Crippen molar-refractivity contribution in [2.45, 2.75) is 82.7 Å². The van der Waals surface area contributed by atoms with Gasteiger partial charge in [-0.25, -0.2) is 16.8 Å². The second-order valence-electron chi connectivity index (χ2n) is 13.6. The van der Waals surface area contributed by atoms with Crippen molar-refractivity contribution in [3.8, 4) is 0 Å². The highest BCUT2D eigenvalue weighted by Gasteiger charge is 2.38. The highest BCUT2D eigenvalue weighted by atomic mass is 32.2. The monoisotopic (exact) mass is 684 g/mol. The number of benzene rings is 4. The van der Waals surface area contributed by atoms with Gasteiger partial charge in [0.2, 0.25) is 19.7 Å². The summed E-state index contributed by atoms with van der Waals surface area (Å²) in [6.45, 7) is 7.41. The lowest BCUT2D eigenvalue weighted by Gasteiger charge is -2.22. The second kappa shape index (κ2) is 13.3. The summed E-state index contributed by atoms with van der Waals surface area (Å²) in [5, 5.41) is 14.2. The van der Waals surface area contributed by atoms with Crippen LogP contribution in [0.5, 0.6) is 0 Å². The fraction of sp³-hybridized carbons (Fsp3) is 0.368. The Morgan fingerprint density at radius 1 is 0.604 bits per heavy atom. The lowest BCUT2D eigenvalue weighted by atomic mass is 9.84. The zero-order valence-electron chi connectivity index (χ0n) is 27.4. The summed E-state index contributed by atoms with van der Waals surface area (Å²) in [5.74, 6) is 1.21. The van der Waals surface area contributed by atoms with Crippen molar-refractivity contribution in [3.63, 3.8) is 0 Å². The van der Waals surface area contributed by atoms with E-state index in [0.717, 1.165) is 61.4 Å². The van der Waals surface area contributed by atoms with Crippen LogP contribution in [0.2, 0.25) is 0 Å². The number of sulfone groups is 2. The molecule has 4 N–H and O–H groups in total. The number of hydrogen-bond acceptors (Lipinski definition) is 8. The highest BCUT2D eigenvalue weighted by Crippen LogP contribution is 2.44. The zero-order chi connectivity index (χ0) is 33.5. The Hall–Kier alpha value is -3.70. The van der Waals surface area contributed by atoms with Crippen LogP contribution < -0.4 is 21.3 Å². The van der Waals surface area contributed by atoms with Crippen molar-refractivity contribution in [1.29, 1.82) is 0 Å². The molecule has 0 aliphatic carbocycles. The van der Waals surface area contributed by atoms with E-state index >= 15 is 0 Å². The van der Waals surface area contributed by atoms with E-state index < -0.39 is 19.7 Å². The molecule has 2 unspecified atom stereocenters. The first kappa shape index (κ1) is 32.8. The molecular weight excluding hydrogens is 641 g/mol. The molecule has 48 heavy (non-hydrogen) atoms. The van der Waals surface area contributed by atoms with Crippen LogP contribution in [0.15, 0.2) is 117 Å². The van der Waals surface area contributed by atoms with Gasteiger partial charge < -0.3 is 21.3 Å². The van der Waals surface area contributed by atoms with Gasteiger partial charge in [-0.1, -0.05) is 43.3 Å². The van der Waals surface area contributed by atoms with Gasteiger partial charge in [0, 0.05) is 41.3 Å². The third-order valence-corrected chi connectivity index (χ3v) is 13.9. The van der Waals surface area contributed by atoms with Crippen molar-refractivity contribution >= 4 is 31.0 Å². The molecule has 4 aliphatic heterocycles. The Bertz CT molecular complexity index is 1990. The Kier molecular flexibility index (Phi) is 9.10. The summed E-state index contributed by atoms with van der Waals surface area (Å²) in [7, 11) is -6.93. The molecule has 10 heteroatoms. The van der Waals surface area contributed by atoms with Crippen molar-refractivity contribution in [2.24, 2.45) is 5.92 Å². The molecule has 4 aromatic rings. The van der Waals surface area contributed by atoms with Crippen molar-refractivity contribution < 1.29 is 16.8 Å². The third-order valence-electron chi connectivity index (χ3n) is 10.4. The molecule has 0 bridgehead atoms. The Morgan fingerprint density at radius 3 is 1.77 bits per heavy atom. The van der Waals surface area contributed by atoms with E-state index in [1.54, 1.807) is 60.7 Å². The Labute approximate surface area is 284 Å². The minimum atomic E-state index is -3.47. The maximum absolute atomic E-state index is 12.9. The molecule has 8 nitrogen and oxygen atoms in total. The first-order valence-corrected chi connectivity index (χ1v) is 19.9. The minimum absolute atomic E-state index is 0.350. The summed E-state index contributed by atoms with van der Waals surface area (Å²) < 4.78 is 51.6. The lowest BCUT2D eigenvalue weighted by Crippen LogP contribution is -2.25. The minimum Gasteiger partial charge on any atom is -0.381 e. The molecule has 2 fully saturated rings. The third kappa shape index (κ3) is 6.27.